The number of hydrogen-bond acceptors (Lipinski definition) is 4. The van der Waals surface area contributed by atoms with Crippen LogP contribution in [-0.4, -0.2) is 16.1 Å². The van der Waals surface area contributed by atoms with Crippen molar-refractivity contribution in [1.82, 2.24) is 4.98 Å². The zero-order valence-corrected chi connectivity index (χ0v) is 12.8. The second-order valence-corrected chi connectivity index (χ2v) is 7.17. The van der Waals surface area contributed by atoms with Crippen LogP contribution in [0.2, 0.25) is 0 Å². The number of fused-ring (bicyclic) bond motifs is 1. The average molecular weight is 305 g/mol. The lowest BCUT2D eigenvalue weighted by Gasteiger charge is -2.02. The van der Waals surface area contributed by atoms with E-state index in [1.165, 1.54) is 10.5 Å². The highest BCUT2D eigenvalue weighted by Gasteiger charge is 2.32. The lowest BCUT2D eigenvalue weighted by atomic mass is 10.1. The third kappa shape index (κ3) is 2.74. The Bertz CT molecular complexity index is 651. The van der Waals surface area contributed by atoms with Crippen LogP contribution in [0.15, 0.2) is 29.2 Å². The second-order valence-electron chi connectivity index (χ2n) is 4.95. The number of nitrogens with zero attached hydrogens (tertiary/aromatic N) is 1. The van der Waals surface area contributed by atoms with E-state index in [1.807, 2.05) is 0 Å². The molecule has 0 fully saturated rings. The summed E-state index contributed by atoms with van der Waals surface area (Å²) in [4.78, 5) is 18.1. The predicted octanol–water partition coefficient (Wildman–Crippen LogP) is 3.86. The second kappa shape index (κ2) is 5.58. The molecular formula is C15H15NO2S2. The van der Waals surface area contributed by atoms with Crippen LogP contribution < -0.4 is 0 Å². The number of benzene rings is 1. The van der Waals surface area contributed by atoms with Gasteiger partial charge in [-0.05, 0) is 31.9 Å². The molecule has 1 atom stereocenters. The van der Waals surface area contributed by atoms with Crippen LogP contribution in [0.3, 0.4) is 0 Å². The minimum Gasteiger partial charge on any atom is -0.481 e. The van der Waals surface area contributed by atoms with Crippen LogP contribution in [0.5, 0.6) is 0 Å². The summed E-state index contributed by atoms with van der Waals surface area (Å²) in [7, 11) is 0. The Balaban J connectivity index is 1.71. The maximum Gasteiger partial charge on any atom is 0.312 e. The first-order chi connectivity index (χ1) is 9.63. The number of hydrogen-bond donors (Lipinski definition) is 1. The fourth-order valence-corrected chi connectivity index (χ4v) is 4.58. The minimum atomic E-state index is -0.744. The normalized spacial score (nSPS) is 17.1. The van der Waals surface area contributed by atoms with Crippen molar-refractivity contribution >= 4 is 29.1 Å². The first-order valence-electron chi connectivity index (χ1n) is 6.54. The Labute approximate surface area is 126 Å². The van der Waals surface area contributed by atoms with Crippen molar-refractivity contribution in [1.29, 1.82) is 0 Å². The monoisotopic (exact) mass is 305 g/mol. The summed E-state index contributed by atoms with van der Waals surface area (Å²) in [5.74, 6) is -0.320. The summed E-state index contributed by atoms with van der Waals surface area (Å²) >= 11 is 3.43. The van der Waals surface area contributed by atoms with Gasteiger partial charge in [0, 0.05) is 9.77 Å². The molecule has 20 heavy (non-hydrogen) atoms. The van der Waals surface area contributed by atoms with Crippen LogP contribution in [-0.2, 0) is 17.0 Å². The SMILES string of the molecule is Cc1cccc(SCc2nc3c(s2)CCC3C(=O)O)c1. The lowest BCUT2D eigenvalue weighted by molar-refractivity contribution is -0.138. The molecule has 1 aliphatic rings. The molecule has 1 unspecified atom stereocenters. The van der Waals surface area contributed by atoms with Gasteiger partial charge in [-0.15, -0.1) is 23.1 Å². The van der Waals surface area contributed by atoms with Crippen molar-refractivity contribution in [3.8, 4) is 0 Å². The molecule has 0 saturated heterocycles. The van der Waals surface area contributed by atoms with Gasteiger partial charge in [0.25, 0.3) is 0 Å². The van der Waals surface area contributed by atoms with E-state index >= 15 is 0 Å². The Morgan fingerprint density at radius 1 is 1.55 bits per heavy atom. The molecule has 2 aromatic rings. The van der Waals surface area contributed by atoms with Crippen LogP contribution in [0.4, 0.5) is 0 Å². The molecule has 1 aromatic carbocycles. The zero-order chi connectivity index (χ0) is 14.1. The molecule has 1 N–H and O–H groups in total. The topological polar surface area (TPSA) is 50.2 Å². The molecule has 0 saturated carbocycles. The van der Waals surface area contributed by atoms with E-state index in [0.717, 1.165) is 27.8 Å². The average Bonchev–Trinajstić information content (AvgIpc) is 2.95. The van der Waals surface area contributed by atoms with Gasteiger partial charge in [-0.25, -0.2) is 4.98 Å². The molecule has 0 bridgehead atoms. The summed E-state index contributed by atoms with van der Waals surface area (Å²) in [6, 6.07) is 8.39. The zero-order valence-electron chi connectivity index (χ0n) is 11.1. The van der Waals surface area contributed by atoms with E-state index < -0.39 is 5.97 Å². The standard InChI is InChI=1S/C15H15NO2S2/c1-9-3-2-4-10(7-9)19-8-13-16-14-11(15(17)18)5-6-12(14)20-13/h2-4,7,11H,5-6,8H2,1H3,(H,17,18). The number of carbonyl (C=O) groups is 1. The van der Waals surface area contributed by atoms with Gasteiger partial charge >= 0.3 is 5.97 Å². The van der Waals surface area contributed by atoms with E-state index in [9.17, 15) is 4.79 Å². The van der Waals surface area contributed by atoms with Crippen molar-refractivity contribution < 1.29 is 9.90 Å². The van der Waals surface area contributed by atoms with Crippen LogP contribution in [0.1, 0.15) is 33.5 Å². The molecule has 1 heterocycles. The lowest BCUT2D eigenvalue weighted by Crippen LogP contribution is -2.08. The highest BCUT2D eigenvalue weighted by molar-refractivity contribution is 7.98. The molecular weight excluding hydrogens is 290 g/mol. The summed E-state index contributed by atoms with van der Waals surface area (Å²) in [5, 5.41) is 10.2. The fraction of sp³-hybridized carbons (Fsp3) is 0.333. The highest BCUT2D eigenvalue weighted by atomic mass is 32.2. The molecule has 0 aliphatic heterocycles. The Morgan fingerprint density at radius 2 is 2.40 bits per heavy atom. The van der Waals surface area contributed by atoms with E-state index in [-0.39, 0.29) is 5.92 Å². The number of carboxylic acid groups (broad SMARTS) is 1. The molecule has 1 aliphatic carbocycles. The Morgan fingerprint density at radius 3 is 3.15 bits per heavy atom. The molecule has 0 radical (unpaired) electrons. The molecule has 0 amide bonds. The first kappa shape index (κ1) is 13.6. The quantitative estimate of drug-likeness (QED) is 0.872. The molecule has 3 rings (SSSR count). The van der Waals surface area contributed by atoms with E-state index in [1.54, 1.807) is 23.1 Å². The number of carboxylic acids is 1. The Hall–Kier alpha value is -1.33. The van der Waals surface area contributed by atoms with Gasteiger partial charge in [-0.3, -0.25) is 4.79 Å². The summed E-state index contributed by atoms with van der Waals surface area (Å²) in [6.07, 6.45) is 1.56. The third-order valence-electron chi connectivity index (χ3n) is 3.41. The van der Waals surface area contributed by atoms with Crippen LogP contribution in [0, 0.1) is 6.92 Å². The van der Waals surface area contributed by atoms with E-state index in [2.05, 4.69) is 36.2 Å². The molecule has 5 heteroatoms. The van der Waals surface area contributed by atoms with Crippen molar-refractivity contribution in [2.45, 2.75) is 36.3 Å². The molecule has 1 aromatic heterocycles. The maximum absolute atomic E-state index is 11.1. The largest absolute Gasteiger partial charge is 0.481 e. The molecule has 0 spiro atoms. The van der Waals surface area contributed by atoms with Crippen LogP contribution in [0.25, 0.3) is 0 Å². The summed E-state index contributed by atoms with van der Waals surface area (Å²) < 4.78 is 0. The highest BCUT2D eigenvalue weighted by Crippen LogP contribution is 2.38. The fourth-order valence-electron chi connectivity index (χ4n) is 2.43. The number of thiazole rings is 1. The summed E-state index contributed by atoms with van der Waals surface area (Å²) in [6.45, 7) is 2.08. The Kier molecular flexibility index (Phi) is 3.81. The minimum absolute atomic E-state index is 0.390. The third-order valence-corrected chi connectivity index (χ3v) is 5.73. The van der Waals surface area contributed by atoms with E-state index in [4.69, 9.17) is 5.11 Å². The predicted molar refractivity (Wildman–Crippen MR) is 81.6 cm³/mol. The van der Waals surface area contributed by atoms with Gasteiger partial charge < -0.3 is 5.11 Å². The number of aromatic nitrogens is 1. The van der Waals surface area contributed by atoms with Gasteiger partial charge in [0.2, 0.25) is 0 Å². The van der Waals surface area contributed by atoms with Gasteiger partial charge in [-0.1, -0.05) is 17.7 Å². The number of thioether (sulfide) groups is 1. The number of aliphatic carboxylic acids is 1. The van der Waals surface area contributed by atoms with Crippen molar-refractivity contribution in [2.75, 3.05) is 0 Å². The van der Waals surface area contributed by atoms with Crippen molar-refractivity contribution in [3.63, 3.8) is 0 Å². The number of rotatable bonds is 4. The van der Waals surface area contributed by atoms with Crippen molar-refractivity contribution in [3.05, 3.63) is 45.4 Å². The van der Waals surface area contributed by atoms with Crippen molar-refractivity contribution in [2.24, 2.45) is 0 Å². The van der Waals surface area contributed by atoms with E-state index in [0.29, 0.717) is 6.42 Å². The van der Waals surface area contributed by atoms with Gasteiger partial charge in [-0.2, -0.15) is 0 Å². The molecule has 104 valence electrons. The number of aryl methyl sites for hydroxylation is 2. The smallest absolute Gasteiger partial charge is 0.312 e. The molecule has 3 nitrogen and oxygen atoms in total. The first-order valence-corrected chi connectivity index (χ1v) is 8.34. The van der Waals surface area contributed by atoms with Gasteiger partial charge in [0.05, 0.1) is 11.4 Å². The summed E-state index contributed by atoms with van der Waals surface area (Å²) in [5.41, 5.74) is 2.06. The van der Waals surface area contributed by atoms with Gasteiger partial charge in [0.1, 0.15) is 10.9 Å². The van der Waals surface area contributed by atoms with Gasteiger partial charge in [0.15, 0.2) is 0 Å². The maximum atomic E-state index is 11.1. The van der Waals surface area contributed by atoms with Crippen LogP contribution >= 0.6 is 23.1 Å².